The third-order valence-electron chi connectivity index (χ3n) is 2.72. The summed E-state index contributed by atoms with van der Waals surface area (Å²) in [4.78, 5) is 10.9. The van der Waals surface area contributed by atoms with Gasteiger partial charge in [-0.2, -0.15) is 4.31 Å². The maximum Gasteiger partial charge on any atom is 0.335 e. The number of carboxylic acid groups (broad SMARTS) is 1. The molecule has 0 amide bonds. The zero-order chi connectivity index (χ0) is 14.8. The van der Waals surface area contributed by atoms with Crippen LogP contribution in [0.25, 0.3) is 0 Å². The molecule has 1 rings (SSSR count). The summed E-state index contributed by atoms with van der Waals surface area (Å²) < 4.78 is 25.6. The maximum absolute atomic E-state index is 12.3. The molecule has 0 fully saturated rings. The Kier molecular flexibility index (Phi) is 4.67. The Hall–Kier alpha value is -1.44. The molecule has 19 heavy (non-hydrogen) atoms. The van der Waals surface area contributed by atoms with E-state index in [0.29, 0.717) is 0 Å². The Morgan fingerprint density at radius 2 is 2.00 bits per heavy atom. The molecule has 0 aliphatic heterocycles. The summed E-state index contributed by atoms with van der Waals surface area (Å²) in [5.74, 6) is -1.17. The summed E-state index contributed by atoms with van der Waals surface area (Å²) in [7, 11) is -2.47. The van der Waals surface area contributed by atoms with Crippen LogP contribution < -0.4 is 0 Å². The molecule has 0 aliphatic carbocycles. The lowest BCUT2D eigenvalue weighted by Crippen LogP contribution is -2.33. The molecule has 0 bridgehead atoms. The van der Waals surface area contributed by atoms with Crippen molar-refractivity contribution in [2.24, 2.45) is 0 Å². The second kappa shape index (κ2) is 5.68. The molecule has 0 aromatic heterocycles. The number of aliphatic hydroxyl groups is 1. The number of benzene rings is 1. The van der Waals surface area contributed by atoms with Crippen LogP contribution in [0.1, 0.15) is 22.8 Å². The molecular weight excluding hydrogens is 270 g/mol. The van der Waals surface area contributed by atoms with Crippen molar-refractivity contribution in [3.63, 3.8) is 0 Å². The number of hydrogen-bond donors (Lipinski definition) is 2. The predicted molar refractivity (Wildman–Crippen MR) is 69.6 cm³/mol. The molecule has 106 valence electrons. The molecular formula is C12H17NO5S. The summed E-state index contributed by atoms with van der Waals surface area (Å²) in [5, 5.41) is 18.2. The van der Waals surface area contributed by atoms with Crippen LogP contribution >= 0.6 is 0 Å². The number of aliphatic hydroxyl groups excluding tert-OH is 1. The van der Waals surface area contributed by atoms with Crippen LogP contribution in [0.4, 0.5) is 0 Å². The van der Waals surface area contributed by atoms with E-state index in [1.54, 1.807) is 0 Å². The summed E-state index contributed by atoms with van der Waals surface area (Å²) in [6.45, 7) is 2.87. The zero-order valence-electron chi connectivity index (χ0n) is 11.0. The average molecular weight is 287 g/mol. The van der Waals surface area contributed by atoms with Crippen LogP contribution in [0.15, 0.2) is 23.1 Å². The number of sulfonamides is 1. The molecule has 1 atom stereocenters. The van der Waals surface area contributed by atoms with Crippen LogP contribution in [-0.4, -0.2) is 48.6 Å². The molecule has 0 saturated heterocycles. The fraction of sp³-hybridized carbons (Fsp3) is 0.417. The summed E-state index contributed by atoms with van der Waals surface area (Å²) in [5.41, 5.74) is 0.138. The van der Waals surface area contributed by atoms with Gasteiger partial charge in [-0.15, -0.1) is 0 Å². The maximum atomic E-state index is 12.3. The second-order valence-corrected chi connectivity index (χ2v) is 6.38. The van der Waals surface area contributed by atoms with Gasteiger partial charge in [-0.25, -0.2) is 13.2 Å². The topological polar surface area (TPSA) is 94.9 Å². The van der Waals surface area contributed by atoms with Crippen molar-refractivity contribution in [1.29, 1.82) is 0 Å². The Morgan fingerprint density at radius 3 is 2.47 bits per heavy atom. The highest BCUT2D eigenvalue weighted by molar-refractivity contribution is 7.89. The Balaban J connectivity index is 3.30. The first kappa shape index (κ1) is 15.6. The van der Waals surface area contributed by atoms with Crippen LogP contribution in [-0.2, 0) is 10.0 Å². The highest BCUT2D eigenvalue weighted by Gasteiger charge is 2.25. The zero-order valence-corrected chi connectivity index (χ0v) is 11.8. The quantitative estimate of drug-likeness (QED) is 0.831. The lowest BCUT2D eigenvalue weighted by molar-refractivity contribution is 0.0695. The third-order valence-corrected chi connectivity index (χ3v) is 4.69. The van der Waals surface area contributed by atoms with E-state index in [1.807, 2.05) is 0 Å². The smallest absolute Gasteiger partial charge is 0.335 e. The van der Waals surface area contributed by atoms with Gasteiger partial charge >= 0.3 is 5.97 Å². The van der Waals surface area contributed by atoms with E-state index >= 15 is 0 Å². The van der Waals surface area contributed by atoms with Crippen LogP contribution in [0.5, 0.6) is 0 Å². The van der Waals surface area contributed by atoms with Gasteiger partial charge in [-0.3, -0.25) is 0 Å². The highest BCUT2D eigenvalue weighted by atomic mass is 32.2. The van der Waals surface area contributed by atoms with Crippen molar-refractivity contribution < 1.29 is 23.4 Å². The first-order valence-electron chi connectivity index (χ1n) is 5.65. The molecule has 1 aromatic carbocycles. The van der Waals surface area contributed by atoms with E-state index in [4.69, 9.17) is 5.11 Å². The van der Waals surface area contributed by atoms with Crippen LogP contribution in [0.3, 0.4) is 0 Å². The molecule has 0 spiro atoms. The number of aromatic carboxylic acids is 1. The van der Waals surface area contributed by atoms with Gasteiger partial charge in [0.2, 0.25) is 10.0 Å². The second-order valence-electron chi connectivity index (χ2n) is 4.37. The van der Waals surface area contributed by atoms with Crippen molar-refractivity contribution >= 4 is 16.0 Å². The molecule has 1 unspecified atom stereocenters. The van der Waals surface area contributed by atoms with Crippen molar-refractivity contribution in [3.05, 3.63) is 29.3 Å². The van der Waals surface area contributed by atoms with Crippen molar-refractivity contribution in [1.82, 2.24) is 4.31 Å². The first-order chi connectivity index (χ1) is 8.67. The van der Waals surface area contributed by atoms with Gasteiger partial charge in [-0.05, 0) is 31.5 Å². The Bertz CT molecular complexity index is 580. The normalized spacial score (nSPS) is 13.5. The van der Waals surface area contributed by atoms with E-state index in [0.717, 1.165) is 4.31 Å². The van der Waals surface area contributed by atoms with E-state index in [1.165, 1.54) is 39.1 Å². The van der Waals surface area contributed by atoms with Gasteiger partial charge in [0.15, 0.2) is 0 Å². The number of nitrogens with zero attached hydrogens (tertiary/aromatic N) is 1. The molecule has 0 saturated carbocycles. The standard InChI is InChI=1S/C12H17NO5S/c1-8(14)7-13(3)19(17,18)11-6-4-5-10(9(11)2)12(15)16/h4-6,8,14H,7H2,1-3H3,(H,15,16). The largest absolute Gasteiger partial charge is 0.478 e. The van der Waals surface area contributed by atoms with Crippen LogP contribution in [0.2, 0.25) is 0 Å². The average Bonchev–Trinajstić information content (AvgIpc) is 2.27. The van der Waals surface area contributed by atoms with Gasteiger partial charge < -0.3 is 10.2 Å². The Morgan fingerprint density at radius 1 is 1.42 bits per heavy atom. The monoisotopic (exact) mass is 287 g/mol. The molecule has 1 aromatic rings. The number of hydrogen-bond acceptors (Lipinski definition) is 4. The van der Waals surface area contributed by atoms with Crippen molar-refractivity contribution in [2.75, 3.05) is 13.6 Å². The van der Waals surface area contributed by atoms with Gasteiger partial charge in [0, 0.05) is 13.6 Å². The first-order valence-corrected chi connectivity index (χ1v) is 7.09. The highest BCUT2D eigenvalue weighted by Crippen LogP contribution is 2.22. The lowest BCUT2D eigenvalue weighted by atomic mass is 10.1. The lowest BCUT2D eigenvalue weighted by Gasteiger charge is -2.20. The van der Waals surface area contributed by atoms with Gasteiger partial charge in [-0.1, -0.05) is 6.07 Å². The fourth-order valence-electron chi connectivity index (χ4n) is 1.76. The van der Waals surface area contributed by atoms with E-state index in [9.17, 15) is 18.3 Å². The minimum atomic E-state index is -3.81. The SMILES string of the molecule is Cc1c(C(=O)O)cccc1S(=O)(=O)N(C)CC(C)O. The minimum absolute atomic E-state index is 0.0495. The third kappa shape index (κ3) is 3.31. The summed E-state index contributed by atoms with van der Waals surface area (Å²) in [6, 6.07) is 4.10. The molecule has 7 heteroatoms. The summed E-state index contributed by atoms with van der Waals surface area (Å²) in [6.07, 6.45) is -0.803. The number of carbonyl (C=O) groups is 1. The summed E-state index contributed by atoms with van der Waals surface area (Å²) >= 11 is 0. The van der Waals surface area contributed by atoms with Gasteiger partial charge in [0.1, 0.15) is 0 Å². The molecule has 0 heterocycles. The van der Waals surface area contributed by atoms with Crippen molar-refractivity contribution in [2.45, 2.75) is 24.8 Å². The van der Waals surface area contributed by atoms with Gasteiger partial charge in [0.25, 0.3) is 0 Å². The number of carboxylic acids is 1. The molecule has 0 radical (unpaired) electrons. The van der Waals surface area contributed by atoms with E-state index in [-0.39, 0.29) is 22.6 Å². The van der Waals surface area contributed by atoms with Crippen molar-refractivity contribution in [3.8, 4) is 0 Å². The Labute approximate surface area is 112 Å². The van der Waals surface area contributed by atoms with Crippen LogP contribution in [0, 0.1) is 6.92 Å². The van der Waals surface area contributed by atoms with Gasteiger partial charge in [0.05, 0.1) is 16.6 Å². The molecule has 2 N–H and O–H groups in total. The molecule has 0 aliphatic rings. The minimum Gasteiger partial charge on any atom is -0.478 e. The number of rotatable bonds is 5. The van der Waals surface area contributed by atoms with E-state index in [2.05, 4.69) is 0 Å². The fourth-order valence-corrected chi connectivity index (χ4v) is 3.26. The predicted octanol–water partition coefficient (Wildman–Crippen LogP) is 0.695. The molecule has 6 nitrogen and oxygen atoms in total. The van der Waals surface area contributed by atoms with E-state index < -0.39 is 22.1 Å². The number of likely N-dealkylation sites (N-methyl/N-ethyl adjacent to an activating group) is 1.